The van der Waals surface area contributed by atoms with Gasteiger partial charge in [-0.05, 0) is 30.7 Å². The molecule has 0 saturated carbocycles. The zero-order valence-electron chi connectivity index (χ0n) is 11.7. The lowest BCUT2D eigenvalue weighted by atomic mass is 10.1. The fraction of sp³-hybridized carbons (Fsp3) is 0.0625. The van der Waals surface area contributed by atoms with E-state index in [9.17, 15) is 14.4 Å². The second kappa shape index (κ2) is 5.33. The van der Waals surface area contributed by atoms with Gasteiger partial charge in [0, 0.05) is 23.2 Å². The summed E-state index contributed by atoms with van der Waals surface area (Å²) in [5, 5.41) is 3.59. The van der Waals surface area contributed by atoms with Crippen molar-refractivity contribution in [2.75, 3.05) is 5.32 Å². The van der Waals surface area contributed by atoms with E-state index in [4.69, 9.17) is 0 Å². The molecule has 1 amide bonds. The van der Waals surface area contributed by atoms with E-state index in [1.165, 1.54) is 18.2 Å². The van der Waals surface area contributed by atoms with Crippen molar-refractivity contribution in [1.82, 2.24) is 4.98 Å². The summed E-state index contributed by atoms with van der Waals surface area (Å²) in [5.74, 6) is -0.405. The maximum absolute atomic E-state index is 12.1. The Bertz CT molecular complexity index is 965. The van der Waals surface area contributed by atoms with Gasteiger partial charge in [0.05, 0.1) is 11.1 Å². The molecule has 110 valence electrons. The Balaban J connectivity index is 1.94. The van der Waals surface area contributed by atoms with E-state index in [1.807, 2.05) is 13.0 Å². The number of anilines is 1. The summed E-state index contributed by atoms with van der Waals surface area (Å²) in [7, 11) is 0. The highest BCUT2D eigenvalue weighted by molar-refractivity contribution is 6.04. The van der Waals surface area contributed by atoms with Crippen molar-refractivity contribution < 1.29 is 9.21 Å². The van der Waals surface area contributed by atoms with Gasteiger partial charge in [0.2, 0.25) is 5.56 Å². The van der Waals surface area contributed by atoms with Gasteiger partial charge in [0.15, 0.2) is 0 Å². The third-order valence-corrected chi connectivity index (χ3v) is 3.27. The maximum Gasteiger partial charge on any atom is 0.335 e. The van der Waals surface area contributed by atoms with Crippen LogP contribution >= 0.6 is 0 Å². The van der Waals surface area contributed by atoms with Gasteiger partial charge in [-0.15, -0.1) is 0 Å². The number of amides is 1. The molecule has 0 spiro atoms. The first-order valence-corrected chi connectivity index (χ1v) is 6.57. The zero-order chi connectivity index (χ0) is 15.7. The van der Waals surface area contributed by atoms with E-state index in [-0.39, 0.29) is 11.1 Å². The smallest absolute Gasteiger partial charge is 0.335 e. The average Bonchev–Trinajstić information content (AvgIpc) is 2.47. The van der Waals surface area contributed by atoms with Crippen LogP contribution in [0.5, 0.6) is 0 Å². The number of rotatable bonds is 2. The first kappa shape index (κ1) is 13.8. The first-order chi connectivity index (χ1) is 10.5. The van der Waals surface area contributed by atoms with Gasteiger partial charge in [-0.2, -0.15) is 0 Å². The third-order valence-electron chi connectivity index (χ3n) is 3.27. The molecule has 2 aromatic heterocycles. The highest BCUT2D eigenvalue weighted by atomic mass is 16.4. The van der Waals surface area contributed by atoms with Gasteiger partial charge >= 0.3 is 5.63 Å². The Morgan fingerprint density at radius 3 is 2.68 bits per heavy atom. The molecule has 0 aliphatic heterocycles. The number of fused-ring (bicyclic) bond motifs is 1. The molecule has 0 unspecified atom stereocenters. The minimum atomic E-state index is -0.518. The highest BCUT2D eigenvalue weighted by Gasteiger charge is 2.08. The monoisotopic (exact) mass is 296 g/mol. The number of pyridine rings is 1. The molecule has 1 aromatic carbocycles. The van der Waals surface area contributed by atoms with Gasteiger partial charge < -0.3 is 14.7 Å². The van der Waals surface area contributed by atoms with Gasteiger partial charge in [-0.25, -0.2) is 4.79 Å². The molecule has 0 saturated heterocycles. The number of hydrogen-bond donors (Lipinski definition) is 2. The van der Waals surface area contributed by atoms with Crippen LogP contribution in [0.15, 0.2) is 56.7 Å². The lowest BCUT2D eigenvalue weighted by Crippen LogP contribution is -2.13. The van der Waals surface area contributed by atoms with Crippen LogP contribution in [0.3, 0.4) is 0 Å². The predicted molar refractivity (Wildman–Crippen MR) is 82.2 cm³/mol. The van der Waals surface area contributed by atoms with Crippen LogP contribution in [-0.4, -0.2) is 10.9 Å². The van der Waals surface area contributed by atoms with Crippen LogP contribution in [0, 0.1) is 6.92 Å². The summed E-state index contributed by atoms with van der Waals surface area (Å²) in [4.78, 5) is 37.2. The van der Waals surface area contributed by atoms with Crippen molar-refractivity contribution >= 4 is 22.5 Å². The Kier molecular flexibility index (Phi) is 3.34. The highest BCUT2D eigenvalue weighted by Crippen LogP contribution is 2.19. The SMILES string of the molecule is Cc1cc(=O)[nH]c2cc(NC(=O)c3ccc(=O)oc3)ccc12. The molecule has 6 heteroatoms. The summed E-state index contributed by atoms with van der Waals surface area (Å²) >= 11 is 0. The van der Waals surface area contributed by atoms with E-state index in [1.54, 1.807) is 12.1 Å². The number of hydrogen-bond acceptors (Lipinski definition) is 4. The molecule has 0 radical (unpaired) electrons. The maximum atomic E-state index is 12.1. The number of carbonyl (C=O) groups excluding carboxylic acids is 1. The van der Waals surface area contributed by atoms with Crippen LogP contribution in [0.1, 0.15) is 15.9 Å². The van der Waals surface area contributed by atoms with E-state index in [2.05, 4.69) is 14.7 Å². The van der Waals surface area contributed by atoms with E-state index in [0.29, 0.717) is 11.2 Å². The number of aromatic amines is 1. The van der Waals surface area contributed by atoms with E-state index < -0.39 is 11.5 Å². The van der Waals surface area contributed by atoms with Crippen LogP contribution in [0.4, 0.5) is 5.69 Å². The van der Waals surface area contributed by atoms with Crippen molar-refractivity contribution in [3.8, 4) is 0 Å². The molecular formula is C16H12N2O4. The van der Waals surface area contributed by atoms with Crippen molar-refractivity contribution in [2.24, 2.45) is 0 Å². The minimum absolute atomic E-state index is 0.196. The molecule has 0 aliphatic rings. The van der Waals surface area contributed by atoms with E-state index in [0.717, 1.165) is 17.2 Å². The van der Waals surface area contributed by atoms with Gasteiger partial charge in [-0.3, -0.25) is 9.59 Å². The number of aryl methyl sites for hydroxylation is 1. The molecule has 3 rings (SSSR count). The summed E-state index contributed by atoms with van der Waals surface area (Å²) in [6.07, 6.45) is 1.10. The minimum Gasteiger partial charge on any atom is -0.430 e. The van der Waals surface area contributed by atoms with Crippen LogP contribution in [-0.2, 0) is 0 Å². The summed E-state index contributed by atoms with van der Waals surface area (Å²) in [6, 6.07) is 9.32. The number of aromatic nitrogens is 1. The predicted octanol–water partition coefficient (Wildman–Crippen LogP) is 2.04. The second-order valence-corrected chi connectivity index (χ2v) is 4.87. The van der Waals surface area contributed by atoms with Gasteiger partial charge in [-0.1, -0.05) is 6.07 Å². The van der Waals surface area contributed by atoms with E-state index >= 15 is 0 Å². The number of carbonyl (C=O) groups is 1. The fourth-order valence-electron chi connectivity index (χ4n) is 2.20. The topological polar surface area (TPSA) is 92.2 Å². The van der Waals surface area contributed by atoms with Crippen LogP contribution in [0.25, 0.3) is 10.9 Å². The second-order valence-electron chi connectivity index (χ2n) is 4.87. The molecule has 0 aliphatic carbocycles. The Hall–Kier alpha value is -3.15. The quantitative estimate of drug-likeness (QED) is 0.757. The summed E-state index contributed by atoms with van der Waals surface area (Å²) in [6.45, 7) is 1.85. The molecule has 3 aromatic rings. The normalized spacial score (nSPS) is 10.6. The molecule has 0 atom stereocenters. The average molecular weight is 296 g/mol. The number of H-pyrrole nitrogens is 1. The van der Waals surface area contributed by atoms with Crippen LogP contribution in [0.2, 0.25) is 0 Å². The van der Waals surface area contributed by atoms with Crippen molar-refractivity contribution in [2.45, 2.75) is 6.92 Å². The lowest BCUT2D eigenvalue weighted by molar-refractivity contribution is 0.102. The van der Waals surface area contributed by atoms with Crippen LogP contribution < -0.4 is 16.5 Å². The zero-order valence-corrected chi connectivity index (χ0v) is 11.7. The Morgan fingerprint density at radius 1 is 1.14 bits per heavy atom. The third kappa shape index (κ3) is 2.67. The molecule has 0 fully saturated rings. The van der Waals surface area contributed by atoms with Crippen molar-refractivity contribution in [3.05, 3.63) is 74.6 Å². The molecule has 2 N–H and O–H groups in total. The van der Waals surface area contributed by atoms with Gasteiger partial charge in [0.25, 0.3) is 5.91 Å². The summed E-state index contributed by atoms with van der Waals surface area (Å²) < 4.78 is 4.65. The molecule has 0 bridgehead atoms. The largest absolute Gasteiger partial charge is 0.430 e. The number of nitrogens with one attached hydrogen (secondary N) is 2. The van der Waals surface area contributed by atoms with Crippen molar-refractivity contribution in [3.63, 3.8) is 0 Å². The fourth-order valence-corrected chi connectivity index (χ4v) is 2.20. The molecule has 2 heterocycles. The molecule has 22 heavy (non-hydrogen) atoms. The summed E-state index contributed by atoms with van der Waals surface area (Å²) in [5.41, 5.74) is 1.56. The Morgan fingerprint density at radius 2 is 1.95 bits per heavy atom. The molecule has 6 nitrogen and oxygen atoms in total. The van der Waals surface area contributed by atoms with Gasteiger partial charge in [0.1, 0.15) is 6.26 Å². The molecular weight excluding hydrogens is 284 g/mol. The lowest BCUT2D eigenvalue weighted by Gasteiger charge is -2.07. The van der Waals surface area contributed by atoms with Crippen molar-refractivity contribution in [1.29, 1.82) is 0 Å². The standard InChI is InChI=1S/C16H12N2O4/c1-9-6-14(19)18-13-7-11(3-4-12(9)13)17-16(21)10-2-5-15(20)22-8-10/h2-8H,1H3,(H,17,21)(H,18,19). The number of benzene rings is 1. The first-order valence-electron chi connectivity index (χ1n) is 6.57. The Labute approximate surface area is 124 Å².